The SMILES string of the molecule is CCCC1=CC[N-]C=C1.CCCC1CC[N-]CC1.[Cl][Pt+2]([Cl])([Cl])[Cl]. The second-order valence-corrected chi connectivity index (χ2v) is 25.1. The van der Waals surface area contributed by atoms with Crippen molar-refractivity contribution in [2.45, 2.75) is 52.4 Å². The zero-order chi connectivity index (χ0) is 17.6. The van der Waals surface area contributed by atoms with E-state index in [1.54, 1.807) is 0 Å². The summed E-state index contributed by atoms with van der Waals surface area (Å²) in [4.78, 5) is 0. The summed E-state index contributed by atoms with van der Waals surface area (Å²) in [6.07, 6.45) is 14.1. The summed E-state index contributed by atoms with van der Waals surface area (Å²) in [6, 6.07) is 0. The van der Waals surface area contributed by atoms with E-state index in [9.17, 15) is 0 Å². The topological polar surface area (TPSA) is 28.2 Å². The Kier molecular flexibility index (Phi) is 16.1. The molecule has 2 aliphatic heterocycles. The Morgan fingerprint density at radius 2 is 1.70 bits per heavy atom. The number of halogens is 4. The predicted molar refractivity (Wildman–Crippen MR) is 104 cm³/mol. The van der Waals surface area contributed by atoms with E-state index in [2.05, 4.69) is 36.6 Å². The number of piperidine rings is 1. The van der Waals surface area contributed by atoms with Crippen molar-refractivity contribution >= 4 is 37.7 Å². The van der Waals surface area contributed by atoms with Crippen LogP contribution in [0.15, 0.2) is 23.9 Å². The van der Waals surface area contributed by atoms with Gasteiger partial charge in [-0.3, -0.25) is 0 Å². The summed E-state index contributed by atoms with van der Waals surface area (Å²) < 4.78 is 0. The molecule has 0 aromatic carbocycles. The fourth-order valence-electron chi connectivity index (χ4n) is 2.42. The monoisotopic (exact) mass is 583 g/mol. The van der Waals surface area contributed by atoms with Gasteiger partial charge in [-0.1, -0.05) is 63.7 Å². The molecule has 1 saturated heterocycles. The average molecular weight is 585 g/mol. The van der Waals surface area contributed by atoms with E-state index in [1.165, 1.54) is 44.1 Å². The van der Waals surface area contributed by atoms with Gasteiger partial charge in [0.05, 0.1) is 0 Å². The number of hydrogen-bond donors (Lipinski definition) is 0. The van der Waals surface area contributed by atoms with Gasteiger partial charge in [-0.05, 0) is 12.3 Å². The van der Waals surface area contributed by atoms with Crippen molar-refractivity contribution in [1.29, 1.82) is 0 Å². The Morgan fingerprint density at radius 1 is 1.09 bits per heavy atom. The Bertz CT molecular complexity index is 329. The average Bonchev–Trinajstić information content (AvgIpc) is 2.49. The molecule has 0 N–H and O–H groups in total. The molecule has 0 radical (unpaired) electrons. The molecule has 140 valence electrons. The zero-order valence-electron chi connectivity index (χ0n) is 13.9. The molecule has 2 heterocycles. The number of rotatable bonds is 4. The van der Waals surface area contributed by atoms with Gasteiger partial charge in [0.25, 0.3) is 0 Å². The Hall–Kier alpha value is 1.09. The second kappa shape index (κ2) is 15.4. The van der Waals surface area contributed by atoms with Gasteiger partial charge in [0.1, 0.15) is 0 Å². The molecule has 0 bridgehead atoms. The van der Waals surface area contributed by atoms with Gasteiger partial charge in [-0.25, -0.2) is 0 Å². The minimum absolute atomic E-state index is 0.881. The van der Waals surface area contributed by atoms with Crippen molar-refractivity contribution in [1.82, 2.24) is 0 Å². The van der Waals surface area contributed by atoms with Crippen LogP contribution >= 0.6 is 37.7 Å². The first-order chi connectivity index (χ1) is 10.9. The molecule has 7 heteroatoms. The fraction of sp³-hybridized carbons (Fsp3) is 0.750. The van der Waals surface area contributed by atoms with Gasteiger partial charge < -0.3 is 10.6 Å². The van der Waals surface area contributed by atoms with Crippen LogP contribution in [0.4, 0.5) is 0 Å². The standard InChI is InChI=1S/C8H16N.C8H12N.4ClH.Pt/c2*1-2-3-8-4-6-9-7-5-8;;;;;/h8H,2-7H2,1H3;4-6H,2-3,7H2,1H3;4*1H;/q2*-1;;;;;+6/p-4. The minimum atomic E-state index is -3.06. The van der Waals surface area contributed by atoms with Gasteiger partial charge in [0.15, 0.2) is 0 Å². The van der Waals surface area contributed by atoms with Crippen LogP contribution in [0.5, 0.6) is 0 Å². The molecule has 0 amide bonds. The summed E-state index contributed by atoms with van der Waals surface area (Å²) >= 11 is -3.06. The van der Waals surface area contributed by atoms with Crippen molar-refractivity contribution < 1.29 is 11.9 Å². The zero-order valence-corrected chi connectivity index (χ0v) is 19.2. The number of nitrogens with zero attached hydrogens (tertiary/aromatic N) is 2. The third-order valence-corrected chi connectivity index (χ3v) is 3.48. The van der Waals surface area contributed by atoms with Crippen LogP contribution in [0.25, 0.3) is 10.6 Å². The van der Waals surface area contributed by atoms with Crippen molar-refractivity contribution in [2.24, 2.45) is 5.92 Å². The summed E-state index contributed by atoms with van der Waals surface area (Å²) in [5.41, 5.74) is 1.44. The first kappa shape index (κ1) is 24.1. The van der Waals surface area contributed by atoms with E-state index < -0.39 is 11.9 Å². The second-order valence-electron chi connectivity index (χ2n) is 5.38. The predicted octanol–water partition coefficient (Wildman–Crippen LogP) is 7.94. The van der Waals surface area contributed by atoms with E-state index in [1.807, 2.05) is 6.20 Å². The molecular formula is C16H28Cl4N2Pt. The Morgan fingerprint density at radius 3 is 2.13 bits per heavy atom. The van der Waals surface area contributed by atoms with E-state index >= 15 is 0 Å². The van der Waals surface area contributed by atoms with Gasteiger partial charge >= 0.3 is 49.6 Å². The van der Waals surface area contributed by atoms with Crippen LogP contribution in [-0.2, 0) is 11.9 Å². The van der Waals surface area contributed by atoms with E-state index in [4.69, 9.17) is 37.7 Å². The van der Waals surface area contributed by atoms with E-state index in [-0.39, 0.29) is 0 Å². The number of allylic oxidation sites excluding steroid dienone is 2. The summed E-state index contributed by atoms with van der Waals surface area (Å²) in [5.74, 6) is 1.01. The van der Waals surface area contributed by atoms with Gasteiger partial charge in [-0.15, -0.1) is 19.6 Å². The molecule has 0 unspecified atom stereocenters. The molecule has 2 rings (SSSR count). The molecule has 0 aliphatic carbocycles. The molecule has 0 atom stereocenters. The molecule has 1 fully saturated rings. The molecule has 0 aromatic rings. The van der Waals surface area contributed by atoms with Crippen molar-refractivity contribution in [2.75, 3.05) is 19.6 Å². The van der Waals surface area contributed by atoms with Crippen LogP contribution in [0.2, 0.25) is 0 Å². The summed E-state index contributed by atoms with van der Waals surface area (Å²) in [6.45, 7) is 7.60. The molecule has 2 aliphatic rings. The van der Waals surface area contributed by atoms with Crippen LogP contribution < -0.4 is 0 Å². The van der Waals surface area contributed by atoms with Crippen LogP contribution in [-0.4, -0.2) is 19.6 Å². The van der Waals surface area contributed by atoms with Crippen molar-refractivity contribution in [3.05, 3.63) is 34.6 Å². The van der Waals surface area contributed by atoms with Crippen LogP contribution in [0, 0.1) is 5.92 Å². The molecule has 0 saturated carbocycles. The molecule has 0 spiro atoms. The normalized spacial score (nSPS) is 18.6. The van der Waals surface area contributed by atoms with Crippen molar-refractivity contribution in [3.63, 3.8) is 0 Å². The van der Waals surface area contributed by atoms with Gasteiger partial charge in [0, 0.05) is 0 Å². The van der Waals surface area contributed by atoms with Gasteiger partial charge in [0.2, 0.25) is 0 Å². The van der Waals surface area contributed by atoms with Gasteiger partial charge in [-0.2, -0.15) is 6.20 Å². The molecule has 2 nitrogen and oxygen atoms in total. The molecule has 0 aromatic heterocycles. The first-order valence-electron chi connectivity index (χ1n) is 8.00. The maximum atomic E-state index is 5.01. The third-order valence-electron chi connectivity index (χ3n) is 3.48. The van der Waals surface area contributed by atoms with Crippen LogP contribution in [0.3, 0.4) is 0 Å². The molecular weight excluding hydrogens is 557 g/mol. The van der Waals surface area contributed by atoms with E-state index in [0.29, 0.717) is 0 Å². The third kappa shape index (κ3) is 19.3. The first-order valence-corrected chi connectivity index (χ1v) is 19.3. The van der Waals surface area contributed by atoms with E-state index in [0.717, 1.165) is 25.6 Å². The Labute approximate surface area is 161 Å². The number of hydrogen-bond acceptors (Lipinski definition) is 0. The van der Waals surface area contributed by atoms with Crippen molar-refractivity contribution in [3.8, 4) is 0 Å². The summed E-state index contributed by atoms with van der Waals surface area (Å²) in [5, 5.41) is 8.36. The quantitative estimate of drug-likeness (QED) is 0.321. The van der Waals surface area contributed by atoms with Crippen LogP contribution in [0.1, 0.15) is 52.4 Å². The Balaban J connectivity index is 0.000000332. The fourth-order valence-corrected chi connectivity index (χ4v) is 2.42. The maximum absolute atomic E-state index is 5.01. The summed E-state index contributed by atoms with van der Waals surface area (Å²) in [7, 11) is 20.0. The molecule has 23 heavy (non-hydrogen) atoms.